The molecule has 0 aliphatic carbocycles. The van der Waals surface area contributed by atoms with Crippen molar-refractivity contribution >= 4 is 5.78 Å². The van der Waals surface area contributed by atoms with E-state index in [1.165, 1.54) is 11.1 Å². The van der Waals surface area contributed by atoms with E-state index in [0.29, 0.717) is 0 Å². The van der Waals surface area contributed by atoms with E-state index in [-0.39, 0.29) is 5.78 Å². The summed E-state index contributed by atoms with van der Waals surface area (Å²) >= 11 is 0. The van der Waals surface area contributed by atoms with Crippen LogP contribution in [-0.2, 0) is 6.42 Å². The van der Waals surface area contributed by atoms with Crippen LogP contribution in [0, 0.1) is 0 Å². The van der Waals surface area contributed by atoms with Gasteiger partial charge in [0.25, 0.3) is 0 Å². The number of benzene rings is 3. The standard InChI is InChI=1S/C20H16O/c21-20(18-9-5-2-6-10-18)19-13-11-17(12-14-19)15-16-7-3-1-4-8-16/h1-14H,15H2. The van der Waals surface area contributed by atoms with Crippen molar-refractivity contribution in [3.05, 3.63) is 107 Å². The van der Waals surface area contributed by atoms with Gasteiger partial charge in [-0.3, -0.25) is 4.79 Å². The highest BCUT2D eigenvalue weighted by atomic mass is 16.1. The number of ketones is 1. The second-order valence-electron chi connectivity index (χ2n) is 5.05. The van der Waals surface area contributed by atoms with Gasteiger partial charge in [-0.15, -0.1) is 0 Å². The quantitative estimate of drug-likeness (QED) is 0.639. The van der Waals surface area contributed by atoms with Crippen LogP contribution in [0.2, 0.25) is 0 Å². The molecule has 0 bridgehead atoms. The molecule has 0 aliphatic rings. The van der Waals surface area contributed by atoms with Crippen LogP contribution in [0.4, 0.5) is 0 Å². The summed E-state index contributed by atoms with van der Waals surface area (Å²) in [7, 11) is 0. The Morgan fingerprint density at radius 2 is 1.05 bits per heavy atom. The van der Waals surface area contributed by atoms with Crippen molar-refractivity contribution < 1.29 is 4.79 Å². The minimum atomic E-state index is 0.0712. The van der Waals surface area contributed by atoms with E-state index in [1.54, 1.807) is 0 Å². The molecule has 0 atom stereocenters. The fourth-order valence-electron chi connectivity index (χ4n) is 2.36. The first-order valence-corrected chi connectivity index (χ1v) is 7.05. The summed E-state index contributed by atoms with van der Waals surface area (Å²) in [5, 5.41) is 0. The average molecular weight is 272 g/mol. The second kappa shape index (κ2) is 6.19. The molecule has 0 aliphatic heterocycles. The van der Waals surface area contributed by atoms with E-state index in [2.05, 4.69) is 12.1 Å². The Balaban J connectivity index is 1.77. The first-order valence-electron chi connectivity index (χ1n) is 7.05. The minimum Gasteiger partial charge on any atom is -0.289 e. The molecule has 21 heavy (non-hydrogen) atoms. The Bertz CT molecular complexity index is 713. The molecular formula is C20H16O. The van der Waals surface area contributed by atoms with Gasteiger partial charge in [0.2, 0.25) is 0 Å². The summed E-state index contributed by atoms with van der Waals surface area (Å²) in [4.78, 5) is 12.3. The molecule has 0 fully saturated rings. The van der Waals surface area contributed by atoms with Gasteiger partial charge in [0.1, 0.15) is 0 Å². The molecule has 3 aromatic carbocycles. The highest BCUT2D eigenvalue weighted by Crippen LogP contribution is 2.13. The first kappa shape index (κ1) is 13.3. The summed E-state index contributed by atoms with van der Waals surface area (Å²) < 4.78 is 0. The van der Waals surface area contributed by atoms with E-state index in [9.17, 15) is 4.79 Å². The van der Waals surface area contributed by atoms with Gasteiger partial charge in [-0.05, 0) is 17.5 Å². The average Bonchev–Trinajstić information content (AvgIpc) is 2.57. The molecular weight excluding hydrogens is 256 g/mol. The minimum absolute atomic E-state index is 0.0712. The lowest BCUT2D eigenvalue weighted by Gasteiger charge is -2.04. The van der Waals surface area contributed by atoms with E-state index >= 15 is 0 Å². The highest BCUT2D eigenvalue weighted by molar-refractivity contribution is 6.08. The third-order valence-corrected chi connectivity index (χ3v) is 3.50. The van der Waals surface area contributed by atoms with Gasteiger partial charge in [-0.1, -0.05) is 84.9 Å². The molecule has 3 aromatic rings. The van der Waals surface area contributed by atoms with Crippen molar-refractivity contribution in [3.63, 3.8) is 0 Å². The third kappa shape index (κ3) is 3.26. The van der Waals surface area contributed by atoms with E-state index < -0.39 is 0 Å². The lowest BCUT2D eigenvalue weighted by atomic mass is 9.99. The van der Waals surface area contributed by atoms with Gasteiger partial charge in [0.05, 0.1) is 0 Å². The van der Waals surface area contributed by atoms with Gasteiger partial charge < -0.3 is 0 Å². The molecule has 0 aromatic heterocycles. The van der Waals surface area contributed by atoms with E-state index in [0.717, 1.165) is 17.5 Å². The van der Waals surface area contributed by atoms with Crippen molar-refractivity contribution in [2.75, 3.05) is 0 Å². The molecule has 0 N–H and O–H groups in total. The van der Waals surface area contributed by atoms with Crippen molar-refractivity contribution in [1.29, 1.82) is 0 Å². The van der Waals surface area contributed by atoms with Crippen LogP contribution in [0.15, 0.2) is 84.9 Å². The van der Waals surface area contributed by atoms with Crippen LogP contribution in [0.25, 0.3) is 0 Å². The maximum absolute atomic E-state index is 12.3. The van der Waals surface area contributed by atoms with Crippen molar-refractivity contribution in [3.8, 4) is 0 Å². The number of carbonyl (C=O) groups is 1. The van der Waals surface area contributed by atoms with Crippen molar-refractivity contribution in [2.24, 2.45) is 0 Å². The SMILES string of the molecule is O=C(c1ccccc1)c1ccc(Cc2ccccc2)cc1. The van der Waals surface area contributed by atoms with Crippen LogP contribution in [0.3, 0.4) is 0 Å². The van der Waals surface area contributed by atoms with E-state index in [1.807, 2.05) is 72.8 Å². The lowest BCUT2D eigenvalue weighted by molar-refractivity contribution is 0.103. The fraction of sp³-hybridized carbons (Fsp3) is 0.0500. The Hall–Kier alpha value is -2.67. The first-order chi connectivity index (χ1) is 10.3. The molecule has 1 nitrogen and oxygen atoms in total. The zero-order chi connectivity index (χ0) is 14.5. The Morgan fingerprint density at radius 3 is 1.67 bits per heavy atom. The Labute approximate surface area is 124 Å². The number of hydrogen-bond donors (Lipinski definition) is 0. The maximum atomic E-state index is 12.3. The van der Waals surface area contributed by atoms with Crippen LogP contribution >= 0.6 is 0 Å². The molecule has 0 saturated carbocycles. The number of rotatable bonds is 4. The Kier molecular flexibility index (Phi) is 3.92. The molecule has 0 heterocycles. The largest absolute Gasteiger partial charge is 0.289 e. The van der Waals surface area contributed by atoms with Crippen molar-refractivity contribution in [2.45, 2.75) is 6.42 Å². The summed E-state index contributed by atoms with van der Waals surface area (Å²) in [6.45, 7) is 0. The van der Waals surface area contributed by atoms with Crippen LogP contribution in [-0.4, -0.2) is 5.78 Å². The highest BCUT2D eigenvalue weighted by Gasteiger charge is 2.08. The monoisotopic (exact) mass is 272 g/mol. The van der Waals surface area contributed by atoms with Crippen molar-refractivity contribution in [1.82, 2.24) is 0 Å². The fourth-order valence-corrected chi connectivity index (χ4v) is 2.36. The molecule has 0 saturated heterocycles. The second-order valence-corrected chi connectivity index (χ2v) is 5.05. The summed E-state index contributed by atoms with van der Waals surface area (Å²) in [6.07, 6.45) is 0.890. The molecule has 0 amide bonds. The molecule has 1 heteroatoms. The third-order valence-electron chi connectivity index (χ3n) is 3.50. The Morgan fingerprint density at radius 1 is 0.571 bits per heavy atom. The molecule has 3 rings (SSSR count). The number of carbonyl (C=O) groups excluding carboxylic acids is 1. The number of hydrogen-bond acceptors (Lipinski definition) is 1. The van der Waals surface area contributed by atoms with Gasteiger partial charge >= 0.3 is 0 Å². The molecule has 0 unspecified atom stereocenters. The molecule has 102 valence electrons. The van der Waals surface area contributed by atoms with Gasteiger partial charge in [0, 0.05) is 11.1 Å². The zero-order valence-corrected chi connectivity index (χ0v) is 11.7. The van der Waals surface area contributed by atoms with Gasteiger partial charge in [0.15, 0.2) is 5.78 Å². The molecule has 0 radical (unpaired) electrons. The van der Waals surface area contributed by atoms with Gasteiger partial charge in [-0.2, -0.15) is 0 Å². The van der Waals surface area contributed by atoms with Crippen LogP contribution in [0.1, 0.15) is 27.0 Å². The van der Waals surface area contributed by atoms with E-state index in [4.69, 9.17) is 0 Å². The predicted octanol–water partition coefficient (Wildman–Crippen LogP) is 4.51. The summed E-state index contributed by atoms with van der Waals surface area (Å²) in [5.41, 5.74) is 3.96. The smallest absolute Gasteiger partial charge is 0.193 e. The predicted molar refractivity (Wildman–Crippen MR) is 85.6 cm³/mol. The zero-order valence-electron chi connectivity index (χ0n) is 11.7. The molecule has 0 spiro atoms. The maximum Gasteiger partial charge on any atom is 0.193 e. The summed E-state index contributed by atoms with van der Waals surface area (Å²) in [6, 6.07) is 27.6. The van der Waals surface area contributed by atoms with Crippen LogP contribution < -0.4 is 0 Å². The van der Waals surface area contributed by atoms with Crippen LogP contribution in [0.5, 0.6) is 0 Å². The normalized spacial score (nSPS) is 10.3. The summed E-state index contributed by atoms with van der Waals surface area (Å²) in [5.74, 6) is 0.0712. The lowest BCUT2D eigenvalue weighted by Crippen LogP contribution is -2.01. The van der Waals surface area contributed by atoms with Gasteiger partial charge in [-0.25, -0.2) is 0 Å². The topological polar surface area (TPSA) is 17.1 Å².